The Bertz CT molecular complexity index is 1550. The highest BCUT2D eigenvalue weighted by atomic mass is 79.9. The van der Waals surface area contributed by atoms with E-state index in [0.29, 0.717) is 0 Å². The zero-order valence-corrected chi connectivity index (χ0v) is 19.4. The summed E-state index contributed by atoms with van der Waals surface area (Å²) in [5.41, 5.74) is 7.48. The van der Waals surface area contributed by atoms with Crippen LogP contribution in [0.3, 0.4) is 0 Å². The molecule has 158 valence electrons. The van der Waals surface area contributed by atoms with Gasteiger partial charge in [0.1, 0.15) is 11.2 Å². The zero-order valence-electron chi connectivity index (χ0n) is 17.8. The average Bonchev–Trinajstić information content (AvgIpc) is 3.24. The lowest BCUT2D eigenvalue weighted by Gasteiger charge is -2.25. The van der Waals surface area contributed by atoms with E-state index in [0.717, 1.165) is 54.6 Å². The number of hydrogen-bond donors (Lipinski definition) is 0. The first-order valence-electron chi connectivity index (χ1n) is 10.9. The fraction of sp³-hybridized carbons (Fsp3) is 0. The number of halogens is 1. The molecule has 3 heteroatoms. The van der Waals surface area contributed by atoms with Gasteiger partial charge in [0.15, 0.2) is 0 Å². The van der Waals surface area contributed by atoms with Crippen LogP contribution in [-0.2, 0) is 0 Å². The number of benzene rings is 5. The van der Waals surface area contributed by atoms with Gasteiger partial charge in [0, 0.05) is 32.3 Å². The van der Waals surface area contributed by atoms with Gasteiger partial charge in [-0.1, -0.05) is 70.5 Å². The first-order chi connectivity index (χ1) is 16.3. The normalized spacial score (nSPS) is 11.2. The van der Waals surface area contributed by atoms with Gasteiger partial charge in [-0.15, -0.1) is 0 Å². The van der Waals surface area contributed by atoms with Gasteiger partial charge >= 0.3 is 0 Å². The minimum absolute atomic E-state index is 0.915. The van der Waals surface area contributed by atoms with E-state index in [2.05, 4.69) is 118 Å². The highest BCUT2D eigenvalue weighted by Crippen LogP contribution is 2.37. The molecule has 0 unspecified atom stereocenters. The molecule has 0 aliphatic heterocycles. The average molecular weight is 490 g/mol. The summed E-state index contributed by atoms with van der Waals surface area (Å²) in [6, 6.07) is 42.2. The Morgan fingerprint density at radius 2 is 1.06 bits per heavy atom. The molecule has 1 aromatic heterocycles. The second kappa shape index (κ2) is 8.27. The predicted molar refractivity (Wildman–Crippen MR) is 142 cm³/mol. The van der Waals surface area contributed by atoms with Crippen molar-refractivity contribution in [3.8, 4) is 11.1 Å². The quantitative estimate of drug-likeness (QED) is 0.245. The number of anilines is 3. The van der Waals surface area contributed by atoms with Crippen LogP contribution >= 0.6 is 15.9 Å². The molecular formula is C30H20BrNO. The topological polar surface area (TPSA) is 16.4 Å². The predicted octanol–water partition coefficient (Wildman–Crippen LogP) is 9.49. The van der Waals surface area contributed by atoms with Crippen LogP contribution in [0.2, 0.25) is 0 Å². The van der Waals surface area contributed by atoms with Crippen LogP contribution < -0.4 is 4.90 Å². The lowest BCUT2D eigenvalue weighted by molar-refractivity contribution is 0.669. The van der Waals surface area contributed by atoms with Crippen molar-refractivity contribution in [1.82, 2.24) is 0 Å². The number of nitrogens with zero attached hydrogens (tertiary/aromatic N) is 1. The second-order valence-corrected chi connectivity index (χ2v) is 8.92. The highest BCUT2D eigenvalue weighted by molar-refractivity contribution is 9.10. The lowest BCUT2D eigenvalue weighted by Crippen LogP contribution is -2.09. The highest BCUT2D eigenvalue weighted by Gasteiger charge is 2.13. The summed E-state index contributed by atoms with van der Waals surface area (Å²) in [6.07, 6.45) is 0. The molecule has 0 N–H and O–H groups in total. The van der Waals surface area contributed by atoms with Crippen LogP contribution in [-0.4, -0.2) is 0 Å². The van der Waals surface area contributed by atoms with Crippen molar-refractivity contribution >= 4 is 54.9 Å². The Morgan fingerprint density at radius 3 is 1.82 bits per heavy atom. The molecule has 0 radical (unpaired) electrons. The monoisotopic (exact) mass is 489 g/mol. The van der Waals surface area contributed by atoms with Gasteiger partial charge in [-0.25, -0.2) is 0 Å². The van der Waals surface area contributed by atoms with E-state index in [4.69, 9.17) is 4.42 Å². The summed E-state index contributed by atoms with van der Waals surface area (Å²) in [6.45, 7) is 0. The Hall–Kier alpha value is -3.82. The van der Waals surface area contributed by atoms with E-state index in [1.165, 1.54) is 0 Å². The second-order valence-electron chi connectivity index (χ2n) is 8.00. The molecule has 0 aliphatic rings. The van der Waals surface area contributed by atoms with E-state index < -0.39 is 0 Å². The Balaban J connectivity index is 1.39. The minimum Gasteiger partial charge on any atom is -0.456 e. The van der Waals surface area contributed by atoms with Crippen LogP contribution in [0.15, 0.2) is 130 Å². The Labute approximate surface area is 200 Å². The third-order valence-corrected chi connectivity index (χ3v) is 6.47. The van der Waals surface area contributed by atoms with Crippen LogP contribution in [0.1, 0.15) is 0 Å². The van der Waals surface area contributed by atoms with Gasteiger partial charge in [-0.2, -0.15) is 0 Å². The van der Waals surface area contributed by atoms with E-state index in [-0.39, 0.29) is 0 Å². The molecule has 33 heavy (non-hydrogen) atoms. The summed E-state index contributed by atoms with van der Waals surface area (Å²) in [5.74, 6) is 0. The Morgan fingerprint density at radius 1 is 0.485 bits per heavy atom. The molecule has 6 aromatic rings. The van der Waals surface area contributed by atoms with E-state index in [9.17, 15) is 0 Å². The third kappa shape index (κ3) is 3.71. The molecule has 2 nitrogen and oxygen atoms in total. The summed E-state index contributed by atoms with van der Waals surface area (Å²) >= 11 is 3.54. The van der Waals surface area contributed by atoms with Crippen molar-refractivity contribution in [2.24, 2.45) is 0 Å². The SMILES string of the molecule is Brc1ccc(N(c2ccccc2)c2ccc(-c3ccc4c(c3)oc3ccccc34)cc2)cc1. The van der Waals surface area contributed by atoms with E-state index >= 15 is 0 Å². The number of hydrogen-bond acceptors (Lipinski definition) is 2. The molecule has 0 spiro atoms. The minimum atomic E-state index is 0.915. The van der Waals surface area contributed by atoms with Crippen molar-refractivity contribution in [3.05, 3.63) is 126 Å². The molecule has 0 saturated heterocycles. The number of fused-ring (bicyclic) bond motifs is 3. The third-order valence-electron chi connectivity index (χ3n) is 5.94. The maximum atomic E-state index is 6.09. The van der Waals surface area contributed by atoms with Crippen LogP contribution in [0.5, 0.6) is 0 Å². The molecular weight excluding hydrogens is 470 g/mol. The molecule has 5 aromatic carbocycles. The number of furan rings is 1. The van der Waals surface area contributed by atoms with Crippen molar-refractivity contribution in [1.29, 1.82) is 0 Å². The van der Waals surface area contributed by atoms with Crippen LogP contribution in [0.25, 0.3) is 33.1 Å². The fourth-order valence-corrected chi connectivity index (χ4v) is 4.59. The van der Waals surface area contributed by atoms with Gasteiger partial charge in [0.05, 0.1) is 0 Å². The molecule has 1 heterocycles. The summed E-state index contributed by atoms with van der Waals surface area (Å²) in [4.78, 5) is 2.26. The van der Waals surface area contributed by atoms with Crippen molar-refractivity contribution in [2.75, 3.05) is 4.90 Å². The fourth-order valence-electron chi connectivity index (χ4n) is 4.32. The van der Waals surface area contributed by atoms with Crippen molar-refractivity contribution < 1.29 is 4.42 Å². The first kappa shape index (κ1) is 19.8. The standard InChI is InChI=1S/C30H20BrNO/c31-23-13-17-26(18-14-23)32(24-6-2-1-3-7-24)25-15-10-21(11-16-25)22-12-19-28-27-8-4-5-9-29(27)33-30(28)20-22/h1-20H. The largest absolute Gasteiger partial charge is 0.456 e. The van der Waals surface area contributed by atoms with Crippen molar-refractivity contribution in [3.63, 3.8) is 0 Å². The lowest BCUT2D eigenvalue weighted by atomic mass is 10.0. The molecule has 0 bridgehead atoms. The molecule has 0 amide bonds. The maximum Gasteiger partial charge on any atom is 0.136 e. The van der Waals surface area contributed by atoms with Gasteiger partial charge in [0.2, 0.25) is 0 Å². The van der Waals surface area contributed by atoms with Gasteiger partial charge in [-0.05, 0) is 77.9 Å². The zero-order chi connectivity index (χ0) is 22.2. The number of para-hydroxylation sites is 2. The summed E-state index contributed by atoms with van der Waals surface area (Å²) < 4.78 is 7.16. The van der Waals surface area contributed by atoms with Crippen LogP contribution in [0.4, 0.5) is 17.1 Å². The molecule has 0 saturated carbocycles. The molecule has 0 fully saturated rings. The van der Waals surface area contributed by atoms with Gasteiger partial charge in [0.25, 0.3) is 0 Å². The smallest absolute Gasteiger partial charge is 0.136 e. The van der Waals surface area contributed by atoms with Gasteiger partial charge in [-0.3, -0.25) is 0 Å². The van der Waals surface area contributed by atoms with E-state index in [1.54, 1.807) is 0 Å². The maximum absolute atomic E-state index is 6.09. The number of rotatable bonds is 4. The molecule has 6 rings (SSSR count). The molecule has 0 atom stereocenters. The first-order valence-corrected chi connectivity index (χ1v) is 11.7. The van der Waals surface area contributed by atoms with Crippen LogP contribution in [0, 0.1) is 0 Å². The van der Waals surface area contributed by atoms with Gasteiger partial charge < -0.3 is 9.32 Å². The summed E-state index contributed by atoms with van der Waals surface area (Å²) in [7, 11) is 0. The summed E-state index contributed by atoms with van der Waals surface area (Å²) in [5, 5.41) is 2.30. The molecule has 0 aliphatic carbocycles. The van der Waals surface area contributed by atoms with E-state index in [1.807, 2.05) is 24.3 Å². The van der Waals surface area contributed by atoms with Crippen molar-refractivity contribution in [2.45, 2.75) is 0 Å². The Kier molecular flexibility index (Phi) is 4.97.